The second kappa shape index (κ2) is 5.84. The molecular formula is C13H13ClN4O3. The summed E-state index contributed by atoms with van der Waals surface area (Å²) in [5.41, 5.74) is 5.25. The largest absolute Gasteiger partial charge is 0.397 e. The van der Waals surface area contributed by atoms with E-state index in [4.69, 9.17) is 17.3 Å². The molecule has 0 radical (unpaired) electrons. The summed E-state index contributed by atoms with van der Waals surface area (Å²) >= 11 is 5.82. The summed E-state index contributed by atoms with van der Waals surface area (Å²) in [6.45, 7) is -0.404. The highest BCUT2D eigenvalue weighted by Gasteiger charge is 2.10. The highest BCUT2D eigenvalue weighted by molar-refractivity contribution is 6.31. The maximum atomic E-state index is 11.9. The van der Waals surface area contributed by atoms with Crippen molar-refractivity contribution >= 4 is 28.9 Å². The molecule has 110 valence electrons. The molecule has 0 aliphatic heterocycles. The monoisotopic (exact) mass is 308 g/mol. The van der Waals surface area contributed by atoms with E-state index < -0.39 is 23.7 Å². The minimum atomic E-state index is -0.572. The van der Waals surface area contributed by atoms with Gasteiger partial charge in [-0.25, -0.2) is 4.79 Å². The Kier molecular flexibility index (Phi) is 4.13. The third-order valence-corrected chi connectivity index (χ3v) is 3.07. The first kappa shape index (κ1) is 14.9. The van der Waals surface area contributed by atoms with Crippen LogP contribution < -0.4 is 22.3 Å². The number of nitrogen functional groups attached to an aromatic ring is 1. The van der Waals surface area contributed by atoms with Crippen molar-refractivity contribution in [3.63, 3.8) is 0 Å². The van der Waals surface area contributed by atoms with E-state index in [1.807, 2.05) is 0 Å². The number of hydrogen-bond acceptors (Lipinski definition) is 4. The Morgan fingerprint density at radius 2 is 2.05 bits per heavy atom. The van der Waals surface area contributed by atoms with Crippen molar-refractivity contribution in [3.8, 4) is 0 Å². The highest BCUT2D eigenvalue weighted by atomic mass is 35.5. The molecule has 1 amide bonds. The fourth-order valence-corrected chi connectivity index (χ4v) is 1.90. The molecule has 0 unspecified atom stereocenters. The number of nitrogens with one attached hydrogen (secondary N) is 1. The van der Waals surface area contributed by atoms with Crippen LogP contribution in [0.3, 0.4) is 0 Å². The van der Waals surface area contributed by atoms with Crippen LogP contribution in [0.2, 0.25) is 5.02 Å². The van der Waals surface area contributed by atoms with Gasteiger partial charge >= 0.3 is 5.69 Å². The lowest BCUT2D eigenvalue weighted by atomic mass is 10.2. The molecule has 0 aliphatic rings. The van der Waals surface area contributed by atoms with Gasteiger partial charge < -0.3 is 15.6 Å². The fraction of sp³-hybridized carbons (Fsp3) is 0.154. The zero-order chi connectivity index (χ0) is 15.6. The Hall–Kier alpha value is -2.54. The second-order valence-corrected chi connectivity index (χ2v) is 4.85. The molecule has 0 spiro atoms. The molecule has 8 heteroatoms. The summed E-state index contributed by atoms with van der Waals surface area (Å²) in [5, 5.41) is 2.93. The van der Waals surface area contributed by atoms with Gasteiger partial charge in [0.1, 0.15) is 6.54 Å². The minimum Gasteiger partial charge on any atom is -0.397 e. The number of rotatable bonds is 3. The zero-order valence-corrected chi connectivity index (χ0v) is 11.9. The molecule has 0 bridgehead atoms. The van der Waals surface area contributed by atoms with Gasteiger partial charge in [-0.3, -0.25) is 14.2 Å². The Morgan fingerprint density at radius 1 is 1.33 bits per heavy atom. The number of carbonyl (C=O) groups excluding carboxylic acids is 1. The van der Waals surface area contributed by atoms with Crippen LogP contribution in [0.4, 0.5) is 11.4 Å². The molecule has 0 saturated carbocycles. The molecule has 1 aromatic heterocycles. The van der Waals surface area contributed by atoms with Gasteiger partial charge in [0.25, 0.3) is 5.56 Å². The predicted molar refractivity (Wildman–Crippen MR) is 80.4 cm³/mol. The summed E-state index contributed by atoms with van der Waals surface area (Å²) in [7, 11) is 1.49. The van der Waals surface area contributed by atoms with Crippen molar-refractivity contribution in [2.75, 3.05) is 11.1 Å². The Balaban J connectivity index is 2.24. The summed E-state index contributed by atoms with van der Waals surface area (Å²) in [6.07, 6.45) is 1.34. The quantitative estimate of drug-likeness (QED) is 0.803. The lowest BCUT2D eigenvalue weighted by Crippen LogP contribution is -2.40. The first-order chi connectivity index (χ1) is 9.88. The maximum absolute atomic E-state index is 11.9. The van der Waals surface area contributed by atoms with E-state index >= 15 is 0 Å². The van der Waals surface area contributed by atoms with Gasteiger partial charge in [0, 0.05) is 24.3 Å². The highest BCUT2D eigenvalue weighted by Crippen LogP contribution is 2.22. The number of nitrogens with zero attached hydrogens (tertiary/aromatic N) is 2. The first-order valence-corrected chi connectivity index (χ1v) is 6.37. The number of benzene rings is 1. The van der Waals surface area contributed by atoms with E-state index in [0.29, 0.717) is 16.4 Å². The Bertz CT molecular complexity index is 810. The van der Waals surface area contributed by atoms with Crippen molar-refractivity contribution in [2.24, 2.45) is 7.05 Å². The normalized spacial score (nSPS) is 10.4. The standard InChI is InChI=1S/C13H13ClN4O3/c1-17-5-4-12(20)18(13(17)21)7-11(19)16-10-6-8(14)2-3-9(10)15/h2-6H,7,15H2,1H3,(H,16,19). The van der Waals surface area contributed by atoms with Gasteiger partial charge in [-0.15, -0.1) is 0 Å². The molecule has 3 N–H and O–H groups in total. The van der Waals surface area contributed by atoms with E-state index in [9.17, 15) is 14.4 Å². The van der Waals surface area contributed by atoms with Crippen molar-refractivity contribution in [1.82, 2.24) is 9.13 Å². The molecule has 2 rings (SSSR count). The van der Waals surface area contributed by atoms with Gasteiger partial charge in [-0.2, -0.15) is 0 Å². The smallest absolute Gasteiger partial charge is 0.331 e. The van der Waals surface area contributed by atoms with Crippen molar-refractivity contribution in [3.05, 3.63) is 56.3 Å². The third-order valence-electron chi connectivity index (χ3n) is 2.83. The van der Waals surface area contributed by atoms with Crippen molar-refractivity contribution < 1.29 is 4.79 Å². The second-order valence-electron chi connectivity index (χ2n) is 4.41. The van der Waals surface area contributed by atoms with Gasteiger partial charge in [0.2, 0.25) is 5.91 Å². The molecule has 7 nitrogen and oxygen atoms in total. The number of aromatic nitrogens is 2. The minimum absolute atomic E-state index is 0.327. The van der Waals surface area contributed by atoms with E-state index in [2.05, 4.69) is 5.32 Å². The van der Waals surface area contributed by atoms with E-state index in [1.165, 1.54) is 29.9 Å². The van der Waals surface area contributed by atoms with Crippen LogP contribution in [-0.4, -0.2) is 15.0 Å². The van der Waals surface area contributed by atoms with Gasteiger partial charge in [-0.1, -0.05) is 11.6 Å². The van der Waals surface area contributed by atoms with Crippen LogP contribution in [0.5, 0.6) is 0 Å². The van der Waals surface area contributed by atoms with Crippen LogP contribution in [0.25, 0.3) is 0 Å². The van der Waals surface area contributed by atoms with Crippen molar-refractivity contribution in [2.45, 2.75) is 6.54 Å². The van der Waals surface area contributed by atoms with Gasteiger partial charge in [-0.05, 0) is 18.2 Å². The van der Waals surface area contributed by atoms with Crippen LogP contribution in [-0.2, 0) is 18.4 Å². The molecule has 0 atom stereocenters. The Labute approximate surface area is 124 Å². The number of halogens is 1. The summed E-state index contributed by atoms with van der Waals surface area (Å²) in [4.78, 5) is 35.4. The van der Waals surface area contributed by atoms with E-state index in [1.54, 1.807) is 12.1 Å². The number of aryl methyl sites for hydroxylation is 1. The van der Waals surface area contributed by atoms with Crippen molar-refractivity contribution in [1.29, 1.82) is 0 Å². The lowest BCUT2D eigenvalue weighted by Gasteiger charge is -2.10. The SMILES string of the molecule is Cn1ccc(=O)n(CC(=O)Nc2cc(Cl)ccc2N)c1=O. The molecule has 1 aromatic carbocycles. The summed E-state index contributed by atoms with van der Waals surface area (Å²) in [5.74, 6) is -0.547. The zero-order valence-electron chi connectivity index (χ0n) is 11.2. The average molecular weight is 309 g/mol. The summed E-state index contributed by atoms with van der Waals surface area (Å²) in [6, 6.07) is 5.83. The molecule has 0 fully saturated rings. The molecule has 1 heterocycles. The van der Waals surface area contributed by atoms with E-state index in [0.717, 1.165) is 4.57 Å². The molecule has 0 aliphatic carbocycles. The van der Waals surface area contributed by atoms with Gasteiger partial charge in [0.05, 0.1) is 11.4 Å². The topological polar surface area (TPSA) is 99.1 Å². The molecular weight excluding hydrogens is 296 g/mol. The lowest BCUT2D eigenvalue weighted by molar-refractivity contribution is -0.116. The fourth-order valence-electron chi connectivity index (χ4n) is 1.73. The average Bonchev–Trinajstić information content (AvgIpc) is 2.43. The predicted octanol–water partition coefficient (Wildman–Crippen LogP) is 0.421. The van der Waals surface area contributed by atoms with Crippen LogP contribution >= 0.6 is 11.6 Å². The summed E-state index contributed by atoms with van der Waals surface area (Å²) < 4.78 is 2.04. The van der Waals surface area contributed by atoms with E-state index in [-0.39, 0.29) is 0 Å². The van der Waals surface area contributed by atoms with Crippen LogP contribution in [0.1, 0.15) is 0 Å². The maximum Gasteiger partial charge on any atom is 0.331 e. The van der Waals surface area contributed by atoms with Gasteiger partial charge in [0.15, 0.2) is 0 Å². The molecule has 2 aromatic rings. The molecule has 0 saturated heterocycles. The number of carbonyl (C=O) groups is 1. The molecule has 21 heavy (non-hydrogen) atoms. The number of hydrogen-bond donors (Lipinski definition) is 2. The third kappa shape index (κ3) is 3.32. The number of nitrogens with two attached hydrogens (primary N) is 1. The first-order valence-electron chi connectivity index (χ1n) is 6.00. The number of anilines is 2. The number of amides is 1. The van der Waals surface area contributed by atoms with Crippen LogP contribution in [0.15, 0.2) is 40.1 Å². The Morgan fingerprint density at radius 3 is 2.76 bits per heavy atom. The van der Waals surface area contributed by atoms with Crippen LogP contribution in [0, 0.1) is 0 Å².